The fourth-order valence-electron chi connectivity index (χ4n) is 4.08. The van der Waals surface area contributed by atoms with Crippen LogP contribution in [0.1, 0.15) is 55.1 Å². The zero-order valence-corrected chi connectivity index (χ0v) is 18.8. The highest BCUT2D eigenvalue weighted by Crippen LogP contribution is 2.20. The van der Waals surface area contributed by atoms with E-state index in [2.05, 4.69) is 16.8 Å². The number of nitrogens with one attached hydrogen (secondary N) is 1. The number of benzene rings is 1. The molecule has 1 aliphatic heterocycles. The Bertz CT molecular complexity index is 867. The van der Waals surface area contributed by atoms with Gasteiger partial charge < -0.3 is 19.5 Å². The topological polar surface area (TPSA) is 82.7 Å². The summed E-state index contributed by atoms with van der Waals surface area (Å²) in [5.41, 5.74) is 1.55. The number of rotatable bonds is 12. The van der Waals surface area contributed by atoms with Crippen LogP contribution in [0.3, 0.4) is 0 Å². The first kappa shape index (κ1) is 23.7. The Morgan fingerprint density at radius 3 is 2.56 bits per heavy atom. The van der Waals surface area contributed by atoms with Crippen LogP contribution in [0.15, 0.2) is 48.7 Å². The molecule has 7 heteroatoms. The summed E-state index contributed by atoms with van der Waals surface area (Å²) in [5.74, 6) is -0.286. The van der Waals surface area contributed by atoms with E-state index in [1.54, 1.807) is 17.2 Å². The molecule has 0 unspecified atom stereocenters. The zero-order valence-electron chi connectivity index (χ0n) is 18.8. The summed E-state index contributed by atoms with van der Waals surface area (Å²) in [4.78, 5) is 44.5. The van der Waals surface area contributed by atoms with E-state index in [1.807, 2.05) is 36.4 Å². The quantitative estimate of drug-likeness (QED) is 0.405. The molecule has 0 spiro atoms. The molecule has 1 aromatic heterocycles. The SMILES string of the molecule is CCCN(CCC(=O)c1ccc[nH]1)CCC(=O)N1CCC[C@@H]1C(=O)OCc1ccccc1. The van der Waals surface area contributed by atoms with Crippen molar-refractivity contribution in [3.05, 3.63) is 59.9 Å². The summed E-state index contributed by atoms with van der Waals surface area (Å²) in [7, 11) is 0. The van der Waals surface area contributed by atoms with Crippen LogP contribution in [0.25, 0.3) is 0 Å². The van der Waals surface area contributed by atoms with Crippen molar-refractivity contribution in [3.8, 4) is 0 Å². The lowest BCUT2D eigenvalue weighted by molar-refractivity contribution is -0.154. The van der Waals surface area contributed by atoms with Crippen molar-refractivity contribution >= 4 is 17.7 Å². The van der Waals surface area contributed by atoms with E-state index < -0.39 is 6.04 Å². The van der Waals surface area contributed by atoms with Crippen molar-refractivity contribution in [2.75, 3.05) is 26.2 Å². The van der Waals surface area contributed by atoms with Crippen LogP contribution in [0.2, 0.25) is 0 Å². The van der Waals surface area contributed by atoms with Crippen LogP contribution >= 0.6 is 0 Å². The number of aromatic amines is 1. The van der Waals surface area contributed by atoms with Gasteiger partial charge in [0.15, 0.2) is 5.78 Å². The maximum atomic E-state index is 12.9. The average Bonchev–Trinajstić information content (AvgIpc) is 3.52. The lowest BCUT2D eigenvalue weighted by Crippen LogP contribution is -2.42. The minimum Gasteiger partial charge on any atom is -0.459 e. The third-order valence-electron chi connectivity index (χ3n) is 5.80. The van der Waals surface area contributed by atoms with Crippen LogP contribution in [0.4, 0.5) is 0 Å². The Morgan fingerprint density at radius 1 is 1.06 bits per heavy atom. The molecule has 1 fully saturated rings. The summed E-state index contributed by atoms with van der Waals surface area (Å²) in [6, 6.07) is 12.6. The Kier molecular flexibility index (Phi) is 9.04. The van der Waals surface area contributed by atoms with Crippen molar-refractivity contribution in [2.24, 2.45) is 0 Å². The number of ketones is 1. The van der Waals surface area contributed by atoms with Crippen LogP contribution in [0, 0.1) is 0 Å². The predicted molar refractivity (Wildman–Crippen MR) is 122 cm³/mol. The third kappa shape index (κ3) is 6.79. The number of likely N-dealkylation sites (tertiary alicyclic amines) is 1. The van der Waals surface area contributed by atoms with Crippen LogP contribution < -0.4 is 0 Å². The Morgan fingerprint density at radius 2 is 1.84 bits per heavy atom. The highest BCUT2D eigenvalue weighted by molar-refractivity contribution is 5.94. The van der Waals surface area contributed by atoms with Crippen molar-refractivity contribution in [3.63, 3.8) is 0 Å². The molecule has 0 radical (unpaired) electrons. The number of carbonyl (C=O) groups excluding carboxylic acids is 3. The molecule has 7 nitrogen and oxygen atoms in total. The number of aromatic nitrogens is 1. The number of hydrogen-bond acceptors (Lipinski definition) is 5. The van der Waals surface area contributed by atoms with Gasteiger partial charge in [0.2, 0.25) is 5.91 Å². The lowest BCUT2D eigenvalue weighted by atomic mass is 10.2. The molecule has 0 saturated carbocycles. The Hall–Kier alpha value is -2.93. The van der Waals surface area contributed by atoms with E-state index in [9.17, 15) is 14.4 Å². The lowest BCUT2D eigenvalue weighted by Gasteiger charge is -2.26. The molecule has 3 rings (SSSR count). The van der Waals surface area contributed by atoms with Gasteiger partial charge in [-0.05, 0) is 43.5 Å². The second-order valence-electron chi connectivity index (χ2n) is 8.19. The van der Waals surface area contributed by atoms with Gasteiger partial charge in [-0.25, -0.2) is 4.79 Å². The number of esters is 1. The van der Waals surface area contributed by atoms with Gasteiger partial charge in [0.05, 0.1) is 5.69 Å². The van der Waals surface area contributed by atoms with Gasteiger partial charge in [-0.1, -0.05) is 37.3 Å². The zero-order chi connectivity index (χ0) is 22.8. The fourth-order valence-corrected chi connectivity index (χ4v) is 4.08. The summed E-state index contributed by atoms with van der Waals surface area (Å²) >= 11 is 0. The highest BCUT2D eigenvalue weighted by Gasteiger charge is 2.35. The molecule has 1 atom stereocenters. The maximum absolute atomic E-state index is 12.9. The molecular formula is C25H33N3O4. The van der Waals surface area contributed by atoms with Gasteiger partial charge in [0.25, 0.3) is 0 Å². The summed E-state index contributed by atoms with van der Waals surface area (Å²) < 4.78 is 5.47. The van der Waals surface area contributed by atoms with Crippen LogP contribution in [-0.4, -0.2) is 64.7 Å². The minimum atomic E-state index is -0.500. The molecule has 1 aromatic carbocycles. The summed E-state index contributed by atoms with van der Waals surface area (Å²) in [6.07, 6.45) is 4.88. The fraction of sp³-hybridized carbons (Fsp3) is 0.480. The number of hydrogen-bond donors (Lipinski definition) is 1. The Balaban J connectivity index is 1.46. The first-order valence-corrected chi connectivity index (χ1v) is 11.5. The van der Waals surface area contributed by atoms with Crippen molar-refractivity contribution in [1.82, 2.24) is 14.8 Å². The molecule has 1 saturated heterocycles. The number of Topliss-reactive ketones (excluding diaryl/α,β-unsaturated/α-hetero) is 1. The number of H-pyrrole nitrogens is 1. The van der Waals surface area contributed by atoms with E-state index >= 15 is 0 Å². The minimum absolute atomic E-state index is 0.0269. The standard InChI is InChI=1S/C25H33N3O4/c1-2-15-27(17-12-23(29)21-10-6-14-26-21)18-13-24(30)28-16-7-11-22(28)25(31)32-19-20-8-4-3-5-9-20/h3-6,8-10,14,22,26H,2,7,11-13,15-19H2,1H3/t22-/m1/s1. The molecule has 0 bridgehead atoms. The Labute approximate surface area is 189 Å². The van der Waals surface area contributed by atoms with Gasteiger partial charge in [0, 0.05) is 38.7 Å². The van der Waals surface area contributed by atoms with Crippen molar-refractivity contribution in [1.29, 1.82) is 0 Å². The van der Waals surface area contributed by atoms with E-state index in [-0.39, 0.29) is 24.3 Å². The first-order valence-electron chi connectivity index (χ1n) is 11.5. The molecule has 2 aromatic rings. The molecule has 1 aliphatic rings. The van der Waals surface area contributed by atoms with Gasteiger partial charge >= 0.3 is 5.97 Å². The van der Waals surface area contributed by atoms with Gasteiger partial charge in [0.1, 0.15) is 12.6 Å². The molecule has 32 heavy (non-hydrogen) atoms. The number of ether oxygens (including phenoxy) is 1. The smallest absolute Gasteiger partial charge is 0.329 e. The molecule has 0 aliphatic carbocycles. The third-order valence-corrected chi connectivity index (χ3v) is 5.80. The largest absolute Gasteiger partial charge is 0.459 e. The second-order valence-corrected chi connectivity index (χ2v) is 8.19. The number of nitrogens with zero attached hydrogens (tertiary/aromatic N) is 2. The van der Waals surface area contributed by atoms with Gasteiger partial charge in [-0.2, -0.15) is 0 Å². The molecule has 1 N–H and O–H groups in total. The average molecular weight is 440 g/mol. The normalized spacial score (nSPS) is 15.8. The summed E-state index contributed by atoms with van der Waals surface area (Å²) in [6.45, 7) is 4.91. The van der Waals surface area contributed by atoms with Crippen LogP contribution in [0.5, 0.6) is 0 Å². The second kappa shape index (κ2) is 12.2. The van der Waals surface area contributed by atoms with E-state index in [0.717, 1.165) is 24.9 Å². The first-order chi connectivity index (χ1) is 15.6. The molecule has 172 valence electrons. The molecular weight excluding hydrogens is 406 g/mol. The van der Waals surface area contributed by atoms with Crippen LogP contribution in [-0.2, 0) is 20.9 Å². The molecule has 2 heterocycles. The monoisotopic (exact) mass is 439 g/mol. The van der Waals surface area contributed by atoms with Gasteiger partial charge in [-0.15, -0.1) is 0 Å². The maximum Gasteiger partial charge on any atom is 0.329 e. The predicted octanol–water partition coefficient (Wildman–Crippen LogP) is 3.42. The van der Waals surface area contributed by atoms with E-state index in [0.29, 0.717) is 44.6 Å². The number of amides is 1. The van der Waals surface area contributed by atoms with Gasteiger partial charge in [-0.3, -0.25) is 9.59 Å². The van der Waals surface area contributed by atoms with Crippen molar-refractivity contribution < 1.29 is 19.1 Å². The van der Waals surface area contributed by atoms with E-state index in [4.69, 9.17) is 4.74 Å². The number of carbonyl (C=O) groups is 3. The highest BCUT2D eigenvalue weighted by atomic mass is 16.5. The van der Waals surface area contributed by atoms with Crippen molar-refractivity contribution in [2.45, 2.75) is 51.7 Å². The summed E-state index contributed by atoms with van der Waals surface area (Å²) in [5, 5.41) is 0. The van der Waals surface area contributed by atoms with E-state index in [1.165, 1.54) is 0 Å². The molecule has 1 amide bonds.